The third-order valence-corrected chi connectivity index (χ3v) is 2.02. The van der Waals surface area contributed by atoms with E-state index in [9.17, 15) is 20.2 Å². The van der Waals surface area contributed by atoms with E-state index in [1.165, 1.54) is 0 Å². The van der Waals surface area contributed by atoms with Gasteiger partial charge in [-0.1, -0.05) is 49.0 Å². The van der Waals surface area contributed by atoms with Gasteiger partial charge in [-0.15, -0.1) is 0 Å². The lowest BCUT2D eigenvalue weighted by Gasteiger charge is -2.21. The predicted molar refractivity (Wildman–Crippen MR) is 104 cm³/mol. The highest BCUT2D eigenvalue weighted by Gasteiger charge is 2.26. The summed E-state index contributed by atoms with van der Waals surface area (Å²) in [4.78, 5) is 51.2. The fourth-order valence-electron chi connectivity index (χ4n) is 0.700. The third-order valence-electron chi connectivity index (χ3n) is 2.02. The minimum Gasteiger partial charge on any atom is -0.386 e. The van der Waals surface area contributed by atoms with Crippen molar-refractivity contribution in [2.24, 2.45) is 10.8 Å². The minimum absolute atomic E-state index is 0. The summed E-state index contributed by atoms with van der Waals surface area (Å²) in [6.45, 7) is 10.7. The number of hydrogen-bond donors (Lipinski definition) is 1. The van der Waals surface area contributed by atoms with Crippen molar-refractivity contribution in [3.05, 3.63) is 32.5 Å². The van der Waals surface area contributed by atoms with E-state index in [1.54, 1.807) is 26.8 Å². The fourth-order valence-corrected chi connectivity index (χ4v) is 0.700. The molecular formula is C15H28N2O9S2. The first-order valence-corrected chi connectivity index (χ1v) is 8.20. The largest absolute Gasteiger partial charge is 0.386 e. The molecule has 0 aliphatic heterocycles. The number of nitro groups is 2. The third kappa shape index (κ3) is 65.1. The molecule has 0 heterocycles. The topological polar surface area (TPSA) is 175 Å². The first-order valence-electron chi connectivity index (χ1n) is 6.87. The van der Waals surface area contributed by atoms with E-state index in [4.69, 9.17) is 24.3 Å². The van der Waals surface area contributed by atoms with E-state index in [0.717, 1.165) is 6.20 Å². The van der Waals surface area contributed by atoms with Crippen molar-refractivity contribution in [2.45, 2.75) is 55.1 Å². The van der Waals surface area contributed by atoms with Gasteiger partial charge in [-0.05, 0) is 16.9 Å². The molecule has 1 N–H and O–H groups in total. The van der Waals surface area contributed by atoms with E-state index in [0.29, 0.717) is 0 Å². The summed E-state index contributed by atoms with van der Waals surface area (Å²) in [7, 11) is 0. The summed E-state index contributed by atoms with van der Waals surface area (Å²) in [6, 6.07) is 0. The zero-order valence-electron chi connectivity index (χ0n) is 15.9. The Morgan fingerprint density at radius 3 is 1.32 bits per heavy atom. The second-order valence-electron chi connectivity index (χ2n) is 6.53. The second-order valence-corrected chi connectivity index (χ2v) is 6.53. The van der Waals surface area contributed by atoms with Crippen molar-refractivity contribution < 1.29 is 34.1 Å². The molecule has 0 fully saturated rings. The van der Waals surface area contributed by atoms with Crippen LogP contribution in [-0.2, 0) is 41.6 Å². The van der Waals surface area contributed by atoms with Gasteiger partial charge >= 0.3 is 12.3 Å². The van der Waals surface area contributed by atoms with Crippen LogP contribution in [0, 0.1) is 31.1 Å². The van der Waals surface area contributed by atoms with Gasteiger partial charge in [-0.2, -0.15) is 19.2 Å². The SMILES string of the molecule is C.CC(C)(C)/C=C/[N+](=O)[O-].CC(C)(C)C(O)C[N+](=O)[O-].O=C=O.O=C=O.S=S. The molecule has 28 heavy (non-hydrogen) atoms. The summed E-state index contributed by atoms with van der Waals surface area (Å²) >= 11 is 7.33. The lowest BCUT2D eigenvalue weighted by molar-refractivity contribution is -0.493. The van der Waals surface area contributed by atoms with Crippen LogP contribution in [-0.4, -0.2) is 39.9 Å². The maximum atomic E-state index is 9.90. The molecule has 0 aliphatic rings. The van der Waals surface area contributed by atoms with Gasteiger partial charge in [-0.3, -0.25) is 20.2 Å². The maximum Gasteiger partial charge on any atom is 0.373 e. The Balaban J connectivity index is -0.0000000616. The smallest absolute Gasteiger partial charge is 0.373 e. The van der Waals surface area contributed by atoms with Crippen molar-refractivity contribution in [1.82, 2.24) is 0 Å². The highest BCUT2D eigenvalue weighted by atomic mass is 32.8. The lowest BCUT2D eigenvalue weighted by Crippen LogP contribution is -2.32. The van der Waals surface area contributed by atoms with Crippen molar-refractivity contribution in [1.29, 1.82) is 0 Å². The van der Waals surface area contributed by atoms with Gasteiger partial charge in [-0.25, -0.2) is 0 Å². The number of hydrogen-bond acceptors (Lipinski definition) is 11. The highest BCUT2D eigenvalue weighted by Crippen LogP contribution is 2.18. The van der Waals surface area contributed by atoms with Gasteiger partial charge in [0, 0.05) is 27.3 Å². The van der Waals surface area contributed by atoms with Gasteiger partial charge < -0.3 is 5.11 Å². The zero-order valence-corrected chi connectivity index (χ0v) is 17.5. The van der Waals surface area contributed by atoms with Crippen LogP contribution in [0.5, 0.6) is 0 Å². The molecular weight excluding hydrogens is 416 g/mol. The monoisotopic (exact) mass is 444 g/mol. The van der Waals surface area contributed by atoms with Crippen molar-refractivity contribution >= 4 is 34.7 Å². The van der Waals surface area contributed by atoms with E-state index < -0.39 is 21.4 Å². The number of rotatable bonds is 3. The predicted octanol–water partition coefficient (Wildman–Crippen LogP) is 1.96. The second kappa shape index (κ2) is 24.7. The van der Waals surface area contributed by atoms with Crippen LogP contribution in [0.4, 0.5) is 0 Å². The normalized spacial score (nSPS) is 9.96. The van der Waals surface area contributed by atoms with Crippen LogP contribution >= 0.6 is 0 Å². The Hall–Kier alpha value is -2.30. The zero-order chi connectivity index (χ0) is 23.3. The number of aliphatic hydroxyl groups is 1. The van der Waals surface area contributed by atoms with Crippen molar-refractivity contribution in [3.63, 3.8) is 0 Å². The van der Waals surface area contributed by atoms with Crippen molar-refractivity contribution in [2.75, 3.05) is 6.54 Å². The average Bonchev–Trinajstić information content (AvgIpc) is 2.47. The van der Waals surface area contributed by atoms with Crippen LogP contribution in [0.2, 0.25) is 0 Å². The van der Waals surface area contributed by atoms with E-state index in [-0.39, 0.29) is 31.7 Å². The summed E-state index contributed by atoms with van der Waals surface area (Å²) in [5, 5.41) is 28.8. The van der Waals surface area contributed by atoms with Gasteiger partial charge in [0.25, 0.3) is 0 Å². The number of allylic oxidation sites excluding steroid dienone is 1. The van der Waals surface area contributed by atoms with E-state index in [2.05, 4.69) is 22.4 Å². The molecule has 0 radical (unpaired) electrons. The Morgan fingerprint density at radius 1 is 0.964 bits per heavy atom. The molecule has 164 valence electrons. The van der Waals surface area contributed by atoms with Gasteiger partial charge in [0.15, 0.2) is 0 Å². The number of carbonyl (C=O) groups excluding carboxylic acids is 4. The van der Waals surface area contributed by atoms with Crippen molar-refractivity contribution in [3.8, 4) is 0 Å². The maximum absolute atomic E-state index is 9.90. The molecule has 0 bridgehead atoms. The van der Waals surface area contributed by atoms with Crippen LogP contribution < -0.4 is 0 Å². The van der Waals surface area contributed by atoms with Crippen LogP contribution in [0.3, 0.4) is 0 Å². The molecule has 0 amide bonds. The standard InChI is InChI=1S/C6H13NO3.C6H11NO2.2CO2.CH4.S2/c1-6(2,3)5(8)4-7(9)10;1-6(2,3)4-5-7(8)9;2*2-1-3;;1-2/h5,8H,4H2,1-3H3;4-5H,1-3H3;;;1H4;/b;5-4+;;;;. The number of aliphatic hydroxyl groups excluding tert-OH is 1. The molecule has 0 rings (SSSR count). The molecule has 1 atom stereocenters. The molecule has 13 heteroatoms. The first-order chi connectivity index (χ1) is 12.1. The van der Waals surface area contributed by atoms with E-state index in [1.807, 2.05) is 20.8 Å². The first kappa shape index (κ1) is 40.4. The summed E-state index contributed by atoms with van der Waals surface area (Å²) in [5.74, 6) is 0. The molecule has 0 aromatic rings. The quantitative estimate of drug-likeness (QED) is 0.497. The fraction of sp³-hybridized carbons (Fsp3) is 0.733. The minimum atomic E-state index is -0.859. The summed E-state index contributed by atoms with van der Waals surface area (Å²) in [6.07, 6.45) is 2.18. The molecule has 0 saturated heterocycles. The molecule has 11 nitrogen and oxygen atoms in total. The Labute approximate surface area is 174 Å². The summed E-state index contributed by atoms with van der Waals surface area (Å²) < 4.78 is 0. The molecule has 1 unspecified atom stereocenters. The van der Waals surface area contributed by atoms with Crippen LogP contribution in [0.25, 0.3) is 0 Å². The average molecular weight is 445 g/mol. The Bertz CT molecular complexity index is 489. The Kier molecular flexibility index (Phi) is 35.6. The Morgan fingerprint density at radius 2 is 1.25 bits per heavy atom. The van der Waals surface area contributed by atoms with Gasteiger partial charge in [0.05, 0.1) is 4.92 Å². The highest BCUT2D eigenvalue weighted by molar-refractivity contribution is 8.07. The lowest BCUT2D eigenvalue weighted by atomic mass is 9.89. The van der Waals surface area contributed by atoms with E-state index >= 15 is 0 Å². The molecule has 0 saturated carbocycles. The molecule has 0 aromatic heterocycles. The molecule has 0 aliphatic carbocycles. The van der Waals surface area contributed by atoms with Crippen LogP contribution in [0.15, 0.2) is 12.3 Å². The summed E-state index contributed by atoms with van der Waals surface area (Å²) in [5.41, 5.74) is -0.486. The van der Waals surface area contributed by atoms with Crippen LogP contribution in [0.1, 0.15) is 49.0 Å². The van der Waals surface area contributed by atoms with Gasteiger partial charge in [0.2, 0.25) is 12.7 Å². The molecule has 0 aromatic carbocycles. The molecule has 0 spiro atoms. The number of nitrogens with zero attached hydrogens (tertiary/aromatic N) is 2. The van der Waals surface area contributed by atoms with Gasteiger partial charge in [0.1, 0.15) is 6.10 Å².